The smallest absolute Gasteiger partial charge is 0.328 e. The molecule has 1 atom stereocenters. The number of hydrogen-bond donors (Lipinski definition) is 3. The Labute approximate surface area is 117 Å². The van der Waals surface area contributed by atoms with Crippen LogP contribution in [0.3, 0.4) is 0 Å². The van der Waals surface area contributed by atoms with Crippen molar-refractivity contribution in [3.8, 4) is 0 Å². The van der Waals surface area contributed by atoms with Crippen molar-refractivity contribution < 1.29 is 9.59 Å². The van der Waals surface area contributed by atoms with E-state index in [1.807, 2.05) is 45.0 Å². The van der Waals surface area contributed by atoms with Crippen LogP contribution in [-0.4, -0.2) is 23.7 Å². The summed E-state index contributed by atoms with van der Waals surface area (Å²) in [5.74, 6) is -0.0770. The van der Waals surface area contributed by atoms with Gasteiger partial charge in [-0.25, -0.2) is 10.2 Å². The lowest BCUT2D eigenvalue weighted by Gasteiger charge is -2.21. The van der Waals surface area contributed by atoms with Gasteiger partial charge in [0.2, 0.25) is 5.91 Å². The van der Waals surface area contributed by atoms with E-state index in [1.165, 1.54) is 0 Å². The van der Waals surface area contributed by atoms with Gasteiger partial charge in [-0.2, -0.15) is 5.10 Å². The minimum atomic E-state index is -0.304. The lowest BCUT2D eigenvalue weighted by molar-refractivity contribution is -0.118. The van der Waals surface area contributed by atoms with Crippen molar-refractivity contribution in [1.29, 1.82) is 0 Å². The highest BCUT2D eigenvalue weighted by Gasteiger charge is 2.20. The van der Waals surface area contributed by atoms with Gasteiger partial charge in [-0.1, -0.05) is 26.0 Å². The van der Waals surface area contributed by atoms with Crippen molar-refractivity contribution in [3.05, 3.63) is 29.8 Å². The van der Waals surface area contributed by atoms with E-state index >= 15 is 0 Å². The van der Waals surface area contributed by atoms with Gasteiger partial charge in [0.25, 0.3) is 0 Å². The molecular formula is C14H18N4O2. The van der Waals surface area contributed by atoms with Crippen molar-refractivity contribution >= 4 is 23.3 Å². The molecule has 3 amide bonds. The molecule has 0 spiro atoms. The number of hydrogen-bond acceptors (Lipinski definition) is 3. The van der Waals surface area contributed by atoms with E-state index in [2.05, 4.69) is 21.2 Å². The van der Waals surface area contributed by atoms with Gasteiger partial charge < -0.3 is 10.6 Å². The first kappa shape index (κ1) is 14.0. The first-order valence-electron chi connectivity index (χ1n) is 6.52. The Hall–Kier alpha value is -2.37. The van der Waals surface area contributed by atoms with Crippen LogP contribution in [-0.2, 0) is 4.79 Å². The number of carbonyl (C=O) groups is 2. The maximum absolute atomic E-state index is 11.6. The fraction of sp³-hybridized carbons (Fsp3) is 0.357. The summed E-state index contributed by atoms with van der Waals surface area (Å²) in [6, 6.07) is 6.92. The molecule has 6 heteroatoms. The Kier molecular flexibility index (Phi) is 4.02. The van der Waals surface area contributed by atoms with Gasteiger partial charge in [-0.15, -0.1) is 0 Å². The SMILES string of the molecule is CC(C)C(=O)Nc1ccc(C2=NNC(=O)NC2C)cc1. The average Bonchev–Trinajstić information content (AvgIpc) is 2.40. The molecule has 3 N–H and O–H groups in total. The van der Waals surface area contributed by atoms with Crippen molar-refractivity contribution in [2.45, 2.75) is 26.8 Å². The largest absolute Gasteiger partial charge is 0.335 e. The summed E-state index contributed by atoms with van der Waals surface area (Å²) in [5.41, 5.74) is 4.79. The highest BCUT2D eigenvalue weighted by Crippen LogP contribution is 2.13. The second-order valence-corrected chi connectivity index (χ2v) is 5.03. The van der Waals surface area contributed by atoms with E-state index in [0.717, 1.165) is 17.0 Å². The highest BCUT2D eigenvalue weighted by atomic mass is 16.2. The van der Waals surface area contributed by atoms with Gasteiger partial charge >= 0.3 is 6.03 Å². The second-order valence-electron chi connectivity index (χ2n) is 5.03. The zero-order chi connectivity index (χ0) is 14.7. The normalized spacial score (nSPS) is 18.1. The van der Waals surface area contributed by atoms with E-state index in [0.29, 0.717) is 0 Å². The number of nitrogens with one attached hydrogen (secondary N) is 3. The van der Waals surface area contributed by atoms with Gasteiger partial charge in [0.15, 0.2) is 0 Å². The van der Waals surface area contributed by atoms with E-state index in [1.54, 1.807) is 0 Å². The summed E-state index contributed by atoms with van der Waals surface area (Å²) in [7, 11) is 0. The Balaban J connectivity index is 2.12. The topological polar surface area (TPSA) is 82.6 Å². The molecule has 1 aliphatic heterocycles. The third-order valence-electron chi connectivity index (χ3n) is 3.01. The van der Waals surface area contributed by atoms with Crippen LogP contribution in [0.5, 0.6) is 0 Å². The molecule has 0 bridgehead atoms. The quantitative estimate of drug-likeness (QED) is 0.783. The van der Waals surface area contributed by atoms with Gasteiger partial charge in [0, 0.05) is 17.2 Å². The van der Waals surface area contributed by atoms with Crippen molar-refractivity contribution in [1.82, 2.24) is 10.7 Å². The lowest BCUT2D eigenvalue weighted by atomic mass is 10.0. The predicted octanol–water partition coefficient (Wildman–Crippen LogP) is 1.69. The van der Waals surface area contributed by atoms with Gasteiger partial charge in [0.05, 0.1) is 11.8 Å². The third kappa shape index (κ3) is 3.14. The Morgan fingerprint density at radius 1 is 1.30 bits per heavy atom. The Bertz CT molecular complexity index is 549. The zero-order valence-corrected chi connectivity index (χ0v) is 11.7. The first-order valence-corrected chi connectivity index (χ1v) is 6.52. The second kappa shape index (κ2) is 5.73. The molecule has 6 nitrogen and oxygen atoms in total. The van der Waals surface area contributed by atoms with E-state index < -0.39 is 0 Å². The fourth-order valence-corrected chi connectivity index (χ4v) is 1.83. The van der Waals surface area contributed by atoms with Crippen molar-refractivity contribution in [2.75, 3.05) is 5.32 Å². The average molecular weight is 274 g/mol. The molecule has 106 valence electrons. The summed E-state index contributed by atoms with van der Waals surface area (Å²) < 4.78 is 0. The molecule has 0 aliphatic carbocycles. The van der Waals surface area contributed by atoms with Crippen LogP contribution in [0.4, 0.5) is 10.5 Å². The van der Waals surface area contributed by atoms with E-state index in [9.17, 15) is 9.59 Å². The summed E-state index contributed by atoms with van der Waals surface area (Å²) in [6.07, 6.45) is 0. The molecule has 1 aromatic carbocycles. The molecule has 20 heavy (non-hydrogen) atoms. The van der Waals surface area contributed by atoms with Gasteiger partial charge in [-0.05, 0) is 19.1 Å². The standard InChI is InChI=1S/C14H18N4O2/c1-8(2)13(19)16-11-6-4-10(5-7-11)12-9(3)15-14(20)18-17-12/h4-9H,1-3H3,(H,16,19)(H2,15,18,20). The van der Waals surface area contributed by atoms with Crippen molar-refractivity contribution in [2.24, 2.45) is 11.0 Å². The Morgan fingerprint density at radius 3 is 2.50 bits per heavy atom. The number of benzene rings is 1. The van der Waals surface area contributed by atoms with Crippen LogP contribution in [0.1, 0.15) is 26.3 Å². The molecule has 2 rings (SSSR count). The molecule has 0 saturated heterocycles. The number of hydrazone groups is 1. The van der Waals surface area contributed by atoms with Crippen LogP contribution >= 0.6 is 0 Å². The van der Waals surface area contributed by atoms with Gasteiger partial charge in [-0.3, -0.25) is 4.79 Å². The number of urea groups is 1. The summed E-state index contributed by atoms with van der Waals surface area (Å²) >= 11 is 0. The van der Waals surface area contributed by atoms with E-state index in [-0.39, 0.29) is 23.9 Å². The number of amides is 3. The predicted molar refractivity (Wildman–Crippen MR) is 77.6 cm³/mol. The lowest BCUT2D eigenvalue weighted by Crippen LogP contribution is -2.48. The summed E-state index contributed by atoms with van der Waals surface area (Å²) in [4.78, 5) is 22.7. The zero-order valence-electron chi connectivity index (χ0n) is 11.7. The number of nitrogens with zero attached hydrogens (tertiary/aromatic N) is 1. The maximum atomic E-state index is 11.6. The molecule has 1 aromatic rings. The third-order valence-corrected chi connectivity index (χ3v) is 3.01. The Morgan fingerprint density at radius 2 is 1.95 bits per heavy atom. The number of carbonyl (C=O) groups excluding carboxylic acids is 2. The van der Waals surface area contributed by atoms with Gasteiger partial charge in [0.1, 0.15) is 0 Å². The molecule has 1 unspecified atom stereocenters. The van der Waals surface area contributed by atoms with Crippen LogP contribution in [0, 0.1) is 5.92 Å². The van der Waals surface area contributed by atoms with Crippen LogP contribution in [0.2, 0.25) is 0 Å². The van der Waals surface area contributed by atoms with Crippen LogP contribution < -0.4 is 16.1 Å². The molecule has 0 aromatic heterocycles. The first-order chi connectivity index (χ1) is 9.47. The monoisotopic (exact) mass is 274 g/mol. The molecule has 0 radical (unpaired) electrons. The minimum absolute atomic E-state index is 0.0185. The van der Waals surface area contributed by atoms with Crippen LogP contribution in [0.15, 0.2) is 29.4 Å². The molecule has 1 heterocycles. The summed E-state index contributed by atoms with van der Waals surface area (Å²) in [6.45, 7) is 5.55. The summed E-state index contributed by atoms with van der Waals surface area (Å²) in [5, 5.41) is 9.61. The molecule has 0 saturated carbocycles. The molecule has 0 fully saturated rings. The van der Waals surface area contributed by atoms with E-state index in [4.69, 9.17) is 0 Å². The fourth-order valence-electron chi connectivity index (χ4n) is 1.83. The maximum Gasteiger partial charge on any atom is 0.335 e. The molecular weight excluding hydrogens is 256 g/mol. The highest BCUT2D eigenvalue weighted by molar-refractivity contribution is 6.07. The minimum Gasteiger partial charge on any atom is -0.328 e. The number of anilines is 1. The number of rotatable bonds is 3. The van der Waals surface area contributed by atoms with Crippen molar-refractivity contribution in [3.63, 3.8) is 0 Å². The van der Waals surface area contributed by atoms with Crippen LogP contribution in [0.25, 0.3) is 0 Å². The molecule has 1 aliphatic rings.